The van der Waals surface area contributed by atoms with Gasteiger partial charge in [-0.3, -0.25) is 0 Å². The van der Waals surface area contributed by atoms with Gasteiger partial charge in [0.05, 0.1) is 0 Å². The van der Waals surface area contributed by atoms with E-state index in [-0.39, 0.29) is 0 Å². The Balaban J connectivity index is 5.52. The van der Waals surface area contributed by atoms with E-state index < -0.39 is 0 Å². The molecule has 3 atom stereocenters. The molecular weight excluding hydrogens is 288 g/mol. The summed E-state index contributed by atoms with van der Waals surface area (Å²) in [6, 6.07) is 0. The molecule has 0 saturated heterocycles. The fourth-order valence-corrected chi connectivity index (χ4v) is 5.09. The molecular formula is C24H49. The third-order valence-corrected chi connectivity index (χ3v) is 6.87. The van der Waals surface area contributed by atoms with E-state index >= 15 is 0 Å². The zero-order valence-electron chi connectivity index (χ0n) is 18.5. The molecule has 0 nitrogen and oxygen atoms in total. The Bertz CT molecular complexity index is 266. The van der Waals surface area contributed by atoms with Crippen LogP contribution in [0.4, 0.5) is 0 Å². The molecule has 0 aliphatic carbocycles. The molecule has 145 valence electrons. The van der Waals surface area contributed by atoms with Gasteiger partial charge in [0.1, 0.15) is 0 Å². The minimum absolute atomic E-state index is 0.465. The summed E-state index contributed by atoms with van der Waals surface area (Å²) in [5.74, 6) is 4.27. The molecule has 0 bridgehead atoms. The Kier molecular flexibility index (Phi) is 13.2. The van der Waals surface area contributed by atoms with Crippen LogP contribution in [0.3, 0.4) is 0 Å². The predicted octanol–water partition coefficient (Wildman–Crippen LogP) is 8.85. The average Bonchev–Trinajstić information content (AvgIpc) is 2.59. The number of unbranched alkanes of at least 4 members (excludes halogenated alkanes) is 3. The van der Waals surface area contributed by atoms with Crippen LogP contribution in [0.15, 0.2) is 0 Å². The van der Waals surface area contributed by atoms with Gasteiger partial charge in [-0.15, -0.1) is 0 Å². The highest BCUT2D eigenvalue weighted by Gasteiger charge is 2.45. The van der Waals surface area contributed by atoms with Crippen LogP contribution in [0, 0.1) is 29.1 Å². The largest absolute Gasteiger partial charge is 0.0654 e. The second-order valence-corrected chi connectivity index (χ2v) is 8.60. The van der Waals surface area contributed by atoms with Crippen LogP contribution in [0.5, 0.6) is 0 Å². The molecule has 0 fully saturated rings. The first-order valence-electron chi connectivity index (χ1n) is 11.3. The van der Waals surface area contributed by atoms with Gasteiger partial charge in [-0.1, -0.05) is 120 Å². The summed E-state index contributed by atoms with van der Waals surface area (Å²) in [5, 5.41) is 0. The van der Waals surface area contributed by atoms with Crippen molar-refractivity contribution in [1.29, 1.82) is 0 Å². The smallest absolute Gasteiger partial charge is 0.0177 e. The lowest BCUT2D eigenvalue weighted by molar-refractivity contribution is 0.0604. The van der Waals surface area contributed by atoms with Gasteiger partial charge in [0, 0.05) is 0 Å². The van der Waals surface area contributed by atoms with E-state index in [4.69, 9.17) is 0 Å². The topological polar surface area (TPSA) is 0 Å². The molecule has 0 saturated carbocycles. The molecule has 0 aliphatic rings. The highest BCUT2D eigenvalue weighted by Crippen LogP contribution is 2.54. The highest BCUT2D eigenvalue weighted by molar-refractivity contribution is 5.11. The SMILES string of the molecule is CCCCC(C)[C](C)C(CCC)(C(C)CCCC)C(C)CCCC. The van der Waals surface area contributed by atoms with Crippen molar-refractivity contribution in [3.05, 3.63) is 5.92 Å². The summed E-state index contributed by atoms with van der Waals surface area (Å²) in [5.41, 5.74) is 0.465. The Labute approximate surface area is 155 Å². The molecule has 0 amide bonds. The first-order chi connectivity index (χ1) is 11.4. The number of hydrogen-bond donors (Lipinski definition) is 0. The molecule has 1 radical (unpaired) electrons. The third kappa shape index (κ3) is 6.72. The fourth-order valence-electron chi connectivity index (χ4n) is 5.09. The zero-order valence-corrected chi connectivity index (χ0v) is 18.5. The van der Waals surface area contributed by atoms with E-state index in [0.717, 1.165) is 17.8 Å². The summed E-state index contributed by atoms with van der Waals surface area (Å²) in [7, 11) is 0. The molecule has 0 aromatic heterocycles. The van der Waals surface area contributed by atoms with Crippen molar-refractivity contribution in [2.24, 2.45) is 23.2 Å². The minimum atomic E-state index is 0.465. The first kappa shape index (κ1) is 24.0. The van der Waals surface area contributed by atoms with Crippen molar-refractivity contribution in [2.75, 3.05) is 0 Å². The van der Waals surface area contributed by atoms with Crippen molar-refractivity contribution in [2.45, 2.75) is 126 Å². The molecule has 0 N–H and O–H groups in total. The number of hydrogen-bond acceptors (Lipinski definition) is 0. The maximum Gasteiger partial charge on any atom is -0.0177 e. The van der Waals surface area contributed by atoms with Crippen LogP contribution in [0.2, 0.25) is 0 Å². The summed E-state index contributed by atoms with van der Waals surface area (Å²) in [4.78, 5) is 0. The Morgan fingerprint density at radius 1 is 0.667 bits per heavy atom. The second kappa shape index (κ2) is 13.2. The molecule has 0 heteroatoms. The molecule has 0 heterocycles. The van der Waals surface area contributed by atoms with Crippen LogP contribution in [0.25, 0.3) is 0 Å². The van der Waals surface area contributed by atoms with Gasteiger partial charge in [0.25, 0.3) is 0 Å². The lowest BCUT2D eigenvalue weighted by Crippen LogP contribution is -2.43. The minimum Gasteiger partial charge on any atom is -0.0654 e. The van der Waals surface area contributed by atoms with Gasteiger partial charge in [-0.05, 0) is 35.5 Å². The van der Waals surface area contributed by atoms with E-state index in [1.165, 1.54) is 70.6 Å². The van der Waals surface area contributed by atoms with Crippen LogP contribution in [-0.2, 0) is 0 Å². The normalized spacial score (nSPS) is 18.4. The first-order valence-corrected chi connectivity index (χ1v) is 11.3. The molecule has 0 aromatic rings. The van der Waals surface area contributed by atoms with E-state index in [9.17, 15) is 0 Å². The van der Waals surface area contributed by atoms with Gasteiger partial charge in [0.2, 0.25) is 0 Å². The standard InChI is InChI=1S/C24H49/c1-9-13-16-20(5)23(8)24(19-12-4,21(6)17-14-10-2)22(7)18-15-11-3/h20-22H,9-19H2,1-8H3. The van der Waals surface area contributed by atoms with Crippen molar-refractivity contribution >= 4 is 0 Å². The van der Waals surface area contributed by atoms with E-state index in [2.05, 4.69) is 55.4 Å². The lowest BCUT2D eigenvalue weighted by atomic mass is 9.54. The Hall–Kier alpha value is 0. The average molecular weight is 338 g/mol. The van der Waals surface area contributed by atoms with Crippen LogP contribution in [0.1, 0.15) is 126 Å². The van der Waals surface area contributed by atoms with E-state index in [0.29, 0.717) is 5.41 Å². The highest BCUT2D eigenvalue weighted by atomic mass is 14.5. The fraction of sp³-hybridized carbons (Fsp3) is 0.958. The maximum atomic E-state index is 2.57. The van der Waals surface area contributed by atoms with Gasteiger partial charge >= 0.3 is 0 Å². The van der Waals surface area contributed by atoms with Gasteiger partial charge in [-0.25, -0.2) is 0 Å². The summed E-state index contributed by atoms with van der Waals surface area (Å²) < 4.78 is 0. The van der Waals surface area contributed by atoms with Gasteiger partial charge in [-0.2, -0.15) is 0 Å². The maximum absolute atomic E-state index is 2.57. The molecule has 3 unspecified atom stereocenters. The van der Waals surface area contributed by atoms with E-state index in [1.54, 1.807) is 0 Å². The van der Waals surface area contributed by atoms with Crippen molar-refractivity contribution < 1.29 is 0 Å². The van der Waals surface area contributed by atoms with E-state index in [1.807, 2.05) is 5.92 Å². The molecule has 0 aliphatic heterocycles. The van der Waals surface area contributed by atoms with Crippen molar-refractivity contribution in [1.82, 2.24) is 0 Å². The zero-order chi connectivity index (χ0) is 18.6. The third-order valence-electron chi connectivity index (χ3n) is 6.87. The van der Waals surface area contributed by atoms with Crippen molar-refractivity contribution in [3.63, 3.8) is 0 Å². The predicted molar refractivity (Wildman–Crippen MR) is 112 cm³/mol. The molecule has 0 aromatic carbocycles. The van der Waals surface area contributed by atoms with Gasteiger partial charge in [0.15, 0.2) is 0 Å². The Morgan fingerprint density at radius 3 is 1.46 bits per heavy atom. The molecule has 0 rings (SSSR count). The molecule has 0 spiro atoms. The number of rotatable bonds is 15. The van der Waals surface area contributed by atoms with Crippen molar-refractivity contribution in [3.8, 4) is 0 Å². The lowest BCUT2D eigenvalue weighted by Gasteiger charge is -2.51. The summed E-state index contributed by atoms with van der Waals surface area (Å²) in [6.45, 7) is 19.6. The van der Waals surface area contributed by atoms with Crippen LogP contribution < -0.4 is 0 Å². The quantitative estimate of drug-likeness (QED) is 0.280. The van der Waals surface area contributed by atoms with Crippen LogP contribution >= 0.6 is 0 Å². The second-order valence-electron chi connectivity index (χ2n) is 8.60. The summed E-state index contributed by atoms with van der Waals surface area (Å²) in [6.07, 6.45) is 15.1. The van der Waals surface area contributed by atoms with Gasteiger partial charge < -0.3 is 0 Å². The summed E-state index contributed by atoms with van der Waals surface area (Å²) >= 11 is 0. The molecule has 24 heavy (non-hydrogen) atoms. The Morgan fingerprint density at radius 2 is 1.08 bits per heavy atom. The van der Waals surface area contributed by atoms with Crippen LogP contribution in [-0.4, -0.2) is 0 Å². The monoisotopic (exact) mass is 337 g/mol.